The van der Waals surface area contributed by atoms with E-state index in [9.17, 15) is 13.6 Å². The van der Waals surface area contributed by atoms with Crippen LogP contribution in [0.15, 0.2) is 24.3 Å². The number of piperidine rings is 1. The highest BCUT2D eigenvalue weighted by molar-refractivity contribution is 5.94. The van der Waals surface area contributed by atoms with Crippen molar-refractivity contribution in [1.82, 2.24) is 10.6 Å². The van der Waals surface area contributed by atoms with E-state index in [1.807, 2.05) is 6.92 Å². The fraction of sp³-hybridized carbons (Fsp3) is 0.533. The number of ether oxygens (including phenoxy) is 1. The van der Waals surface area contributed by atoms with Gasteiger partial charge in [0.25, 0.3) is 5.91 Å². The van der Waals surface area contributed by atoms with Crippen LogP contribution in [0.4, 0.5) is 8.78 Å². The Morgan fingerprint density at radius 3 is 2.95 bits per heavy atom. The number of rotatable bonds is 5. The quantitative estimate of drug-likeness (QED) is 0.877. The molecule has 1 aliphatic heterocycles. The molecule has 0 radical (unpaired) electrons. The van der Waals surface area contributed by atoms with Gasteiger partial charge in [0.15, 0.2) is 0 Å². The van der Waals surface area contributed by atoms with E-state index >= 15 is 0 Å². The molecular formula is C15H20F2N2O2. The van der Waals surface area contributed by atoms with Gasteiger partial charge in [-0.05, 0) is 57.0 Å². The zero-order valence-electron chi connectivity index (χ0n) is 11.9. The molecule has 0 bridgehead atoms. The molecule has 1 amide bonds. The van der Waals surface area contributed by atoms with E-state index in [2.05, 4.69) is 15.4 Å². The molecule has 116 valence electrons. The molecule has 0 aliphatic carbocycles. The lowest BCUT2D eigenvalue weighted by Gasteiger charge is -2.29. The van der Waals surface area contributed by atoms with E-state index in [0.717, 1.165) is 25.9 Å². The Bertz CT molecular complexity index is 476. The van der Waals surface area contributed by atoms with Crippen LogP contribution in [-0.2, 0) is 0 Å². The van der Waals surface area contributed by atoms with Crippen molar-refractivity contribution in [2.24, 2.45) is 5.92 Å². The zero-order valence-corrected chi connectivity index (χ0v) is 11.9. The molecule has 4 nitrogen and oxygen atoms in total. The average molecular weight is 298 g/mol. The van der Waals surface area contributed by atoms with Crippen molar-refractivity contribution < 1.29 is 18.3 Å². The number of amides is 1. The van der Waals surface area contributed by atoms with Crippen LogP contribution in [0.25, 0.3) is 0 Å². The molecule has 2 atom stereocenters. The molecule has 21 heavy (non-hydrogen) atoms. The molecule has 1 aromatic rings. The Balaban J connectivity index is 1.95. The topological polar surface area (TPSA) is 50.4 Å². The maximum absolute atomic E-state index is 12.2. The van der Waals surface area contributed by atoms with E-state index < -0.39 is 6.61 Å². The van der Waals surface area contributed by atoms with Crippen LogP contribution in [0.2, 0.25) is 0 Å². The second-order valence-electron chi connectivity index (χ2n) is 5.27. The summed E-state index contributed by atoms with van der Waals surface area (Å²) in [6.45, 7) is 0.977. The Kier molecular flexibility index (Phi) is 5.50. The van der Waals surface area contributed by atoms with Crippen molar-refractivity contribution >= 4 is 5.91 Å². The van der Waals surface area contributed by atoms with Gasteiger partial charge in [-0.15, -0.1) is 0 Å². The Morgan fingerprint density at radius 1 is 1.48 bits per heavy atom. The standard InChI is InChI=1S/C15H20F2N2O2/c1-10(12-5-3-7-18-9-12)19-14(20)11-4-2-6-13(8-11)21-15(16)17/h2,4,6,8,10,12,15,18H,3,5,7,9H2,1H3,(H,19,20). The number of hydrogen-bond donors (Lipinski definition) is 2. The summed E-state index contributed by atoms with van der Waals surface area (Å²) in [6, 6.07) is 5.87. The Labute approximate surface area is 122 Å². The van der Waals surface area contributed by atoms with Gasteiger partial charge in [-0.1, -0.05) is 6.07 Å². The number of carbonyl (C=O) groups excluding carboxylic acids is 1. The number of nitrogens with one attached hydrogen (secondary N) is 2. The van der Waals surface area contributed by atoms with Gasteiger partial charge in [0.2, 0.25) is 0 Å². The highest BCUT2D eigenvalue weighted by Gasteiger charge is 2.21. The summed E-state index contributed by atoms with van der Waals surface area (Å²) in [6.07, 6.45) is 2.17. The van der Waals surface area contributed by atoms with E-state index in [1.54, 1.807) is 6.07 Å². The number of carbonyl (C=O) groups is 1. The van der Waals surface area contributed by atoms with E-state index in [-0.39, 0.29) is 17.7 Å². The first-order chi connectivity index (χ1) is 10.1. The van der Waals surface area contributed by atoms with Gasteiger partial charge < -0.3 is 15.4 Å². The summed E-state index contributed by atoms with van der Waals surface area (Å²) in [5.41, 5.74) is 0.323. The first kappa shape index (κ1) is 15.7. The fourth-order valence-electron chi connectivity index (χ4n) is 2.53. The fourth-order valence-corrected chi connectivity index (χ4v) is 2.53. The maximum Gasteiger partial charge on any atom is 0.387 e. The minimum atomic E-state index is -2.89. The molecule has 2 rings (SSSR count). The molecule has 0 spiro atoms. The number of alkyl halides is 2. The van der Waals surface area contributed by atoms with Gasteiger partial charge in [0.1, 0.15) is 5.75 Å². The second-order valence-corrected chi connectivity index (χ2v) is 5.27. The van der Waals surface area contributed by atoms with E-state index in [4.69, 9.17) is 0 Å². The first-order valence-corrected chi connectivity index (χ1v) is 7.12. The molecule has 1 aliphatic rings. The predicted molar refractivity (Wildman–Crippen MR) is 75.6 cm³/mol. The molecule has 0 saturated carbocycles. The van der Waals surface area contributed by atoms with Crippen LogP contribution in [-0.4, -0.2) is 31.7 Å². The van der Waals surface area contributed by atoms with Crippen LogP contribution in [0.3, 0.4) is 0 Å². The molecule has 1 heterocycles. The number of benzene rings is 1. The van der Waals surface area contributed by atoms with Crippen molar-refractivity contribution in [2.45, 2.75) is 32.4 Å². The number of hydrogen-bond acceptors (Lipinski definition) is 3. The molecule has 6 heteroatoms. The van der Waals surface area contributed by atoms with Crippen molar-refractivity contribution in [3.05, 3.63) is 29.8 Å². The van der Waals surface area contributed by atoms with Gasteiger partial charge in [0, 0.05) is 11.6 Å². The maximum atomic E-state index is 12.2. The van der Waals surface area contributed by atoms with Crippen LogP contribution < -0.4 is 15.4 Å². The van der Waals surface area contributed by atoms with Crippen LogP contribution >= 0.6 is 0 Å². The third-order valence-electron chi connectivity index (χ3n) is 3.72. The van der Waals surface area contributed by atoms with Crippen LogP contribution in [0.1, 0.15) is 30.1 Å². The molecular weight excluding hydrogens is 278 g/mol. The second kappa shape index (κ2) is 7.36. The van der Waals surface area contributed by atoms with Gasteiger partial charge in [-0.2, -0.15) is 8.78 Å². The third-order valence-corrected chi connectivity index (χ3v) is 3.72. The van der Waals surface area contributed by atoms with Crippen molar-refractivity contribution in [1.29, 1.82) is 0 Å². The van der Waals surface area contributed by atoms with Gasteiger partial charge in [-0.3, -0.25) is 4.79 Å². The normalized spacial score (nSPS) is 20.1. The van der Waals surface area contributed by atoms with Gasteiger partial charge in [-0.25, -0.2) is 0 Å². The van der Waals surface area contributed by atoms with Crippen molar-refractivity contribution in [3.8, 4) is 5.75 Å². The lowest BCUT2D eigenvalue weighted by molar-refractivity contribution is -0.0498. The number of halogens is 2. The van der Waals surface area contributed by atoms with E-state index in [0.29, 0.717) is 11.5 Å². The molecule has 1 saturated heterocycles. The summed E-state index contributed by atoms with van der Waals surface area (Å²) in [7, 11) is 0. The summed E-state index contributed by atoms with van der Waals surface area (Å²) in [5.74, 6) is 0.112. The third kappa shape index (κ3) is 4.67. The first-order valence-electron chi connectivity index (χ1n) is 7.12. The van der Waals surface area contributed by atoms with Crippen LogP contribution in [0, 0.1) is 5.92 Å². The minimum absolute atomic E-state index is 0.00960. The molecule has 2 unspecified atom stereocenters. The summed E-state index contributed by atoms with van der Waals surface area (Å²) < 4.78 is 28.7. The minimum Gasteiger partial charge on any atom is -0.435 e. The smallest absolute Gasteiger partial charge is 0.387 e. The Hall–Kier alpha value is -1.69. The van der Waals surface area contributed by atoms with E-state index in [1.165, 1.54) is 18.2 Å². The van der Waals surface area contributed by atoms with Crippen molar-refractivity contribution in [2.75, 3.05) is 13.1 Å². The summed E-state index contributed by atoms with van der Waals surface area (Å²) >= 11 is 0. The monoisotopic (exact) mass is 298 g/mol. The lowest BCUT2D eigenvalue weighted by atomic mass is 9.92. The molecule has 2 N–H and O–H groups in total. The predicted octanol–water partition coefficient (Wildman–Crippen LogP) is 2.41. The summed E-state index contributed by atoms with van der Waals surface area (Å²) in [4.78, 5) is 12.2. The van der Waals surface area contributed by atoms with Crippen LogP contribution in [0.5, 0.6) is 5.75 Å². The van der Waals surface area contributed by atoms with Gasteiger partial charge in [0.05, 0.1) is 0 Å². The SMILES string of the molecule is CC(NC(=O)c1cccc(OC(F)F)c1)C1CCCNC1. The highest BCUT2D eigenvalue weighted by Crippen LogP contribution is 2.18. The Morgan fingerprint density at radius 2 is 2.29 bits per heavy atom. The molecule has 0 aromatic heterocycles. The largest absolute Gasteiger partial charge is 0.435 e. The highest BCUT2D eigenvalue weighted by atomic mass is 19.3. The van der Waals surface area contributed by atoms with Gasteiger partial charge >= 0.3 is 6.61 Å². The lowest BCUT2D eigenvalue weighted by Crippen LogP contribution is -2.44. The summed E-state index contributed by atoms with van der Waals surface area (Å²) in [5, 5.41) is 6.23. The molecule has 1 fully saturated rings. The zero-order chi connectivity index (χ0) is 15.2. The van der Waals surface area contributed by atoms with Crippen molar-refractivity contribution in [3.63, 3.8) is 0 Å². The molecule has 1 aromatic carbocycles. The average Bonchev–Trinajstić information content (AvgIpc) is 2.47.